The molecule has 0 spiro atoms. The van der Waals surface area contributed by atoms with E-state index in [0.717, 1.165) is 18.4 Å². The number of amides is 1. The van der Waals surface area contributed by atoms with Crippen LogP contribution in [0, 0.1) is 5.92 Å². The highest BCUT2D eigenvalue weighted by molar-refractivity contribution is 7.89. The summed E-state index contributed by atoms with van der Waals surface area (Å²) in [5.41, 5.74) is 1.02. The molecule has 6 nitrogen and oxygen atoms in total. The lowest BCUT2D eigenvalue weighted by Gasteiger charge is -2.29. The van der Waals surface area contributed by atoms with Crippen molar-refractivity contribution in [3.05, 3.63) is 60.2 Å². The summed E-state index contributed by atoms with van der Waals surface area (Å²) in [6.07, 6.45) is 1.77. The quantitative estimate of drug-likeness (QED) is 0.751. The number of sulfonamides is 1. The van der Waals surface area contributed by atoms with Crippen molar-refractivity contribution in [3.8, 4) is 5.75 Å². The molecular formula is C22H28N2O4S. The molecule has 29 heavy (non-hydrogen) atoms. The number of hydrogen-bond acceptors (Lipinski definition) is 4. The van der Waals surface area contributed by atoms with Crippen LogP contribution in [0.1, 0.15) is 38.3 Å². The van der Waals surface area contributed by atoms with Crippen LogP contribution in [0.15, 0.2) is 59.5 Å². The third-order valence-corrected chi connectivity index (χ3v) is 7.16. The van der Waals surface area contributed by atoms with Crippen molar-refractivity contribution in [2.45, 2.75) is 37.6 Å². The average Bonchev–Trinajstić information content (AvgIpc) is 2.73. The molecule has 0 aliphatic carbocycles. The van der Waals surface area contributed by atoms with E-state index in [-0.39, 0.29) is 23.5 Å². The minimum Gasteiger partial charge on any atom is -0.484 e. The Labute approximate surface area is 172 Å². The maximum atomic E-state index is 12.7. The lowest BCUT2D eigenvalue weighted by Crippen LogP contribution is -2.37. The first-order chi connectivity index (χ1) is 13.9. The molecular weight excluding hydrogens is 388 g/mol. The molecule has 2 aromatic carbocycles. The zero-order chi connectivity index (χ0) is 20.9. The maximum absolute atomic E-state index is 12.7. The summed E-state index contributed by atoms with van der Waals surface area (Å²) in [6.45, 7) is 5.04. The second-order valence-corrected chi connectivity index (χ2v) is 9.48. The van der Waals surface area contributed by atoms with E-state index in [0.29, 0.717) is 24.8 Å². The average molecular weight is 417 g/mol. The van der Waals surface area contributed by atoms with Gasteiger partial charge in [-0.3, -0.25) is 4.79 Å². The van der Waals surface area contributed by atoms with Crippen LogP contribution in [0.4, 0.5) is 0 Å². The molecule has 0 radical (unpaired) electrons. The number of carbonyl (C=O) groups is 1. The van der Waals surface area contributed by atoms with Crippen LogP contribution in [-0.4, -0.2) is 38.3 Å². The predicted molar refractivity (Wildman–Crippen MR) is 112 cm³/mol. The summed E-state index contributed by atoms with van der Waals surface area (Å²) in [5.74, 6) is 0.784. The van der Waals surface area contributed by atoms with E-state index in [1.54, 1.807) is 16.4 Å². The van der Waals surface area contributed by atoms with Gasteiger partial charge in [-0.25, -0.2) is 8.42 Å². The highest BCUT2D eigenvalue weighted by atomic mass is 32.2. The Balaban J connectivity index is 1.53. The second kappa shape index (κ2) is 9.41. The third-order valence-electron chi connectivity index (χ3n) is 5.25. The van der Waals surface area contributed by atoms with Crippen molar-refractivity contribution in [3.63, 3.8) is 0 Å². The second-order valence-electron chi connectivity index (χ2n) is 7.55. The Kier molecular flexibility index (Phi) is 6.92. The first-order valence-electron chi connectivity index (χ1n) is 9.93. The topological polar surface area (TPSA) is 75.7 Å². The zero-order valence-electron chi connectivity index (χ0n) is 16.9. The van der Waals surface area contributed by atoms with Gasteiger partial charge in [0.25, 0.3) is 5.91 Å². The largest absolute Gasteiger partial charge is 0.484 e. The zero-order valence-corrected chi connectivity index (χ0v) is 17.7. The van der Waals surface area contributed by atoms with Crippen molar-refractivity contribution < 1.29 is 17.9 Å². The minimum absolute atomic E-state index is 0.118. The van der Waals surface area contributed by atoms with Crippen LogP contribution in [0.5, 0.6) is 5.75 Å². The maximum Gasteiger partial charge on any atom is 0.258 e. The molecule has 1 atom stereocenters. The molecule has 1 amide bonds. The highest BCUT2D eigenvalue weighted by Crippen LogP contribution is 2.24. The summed E-state index contributed by atoms with van der Waals surface area (Å²) in [7, 11) is -3.48. The van der Waals surface area contributed by atoms with Crippen LogP contribution >= 0.6 is 0 Å². The number of nitrogens with zero attached hydrogens (tertiary/aromatic N) is 1. The Morgan fingerprint density at radius 2 is 1.72 bits per heavy atom. The summed E-state index contributed by atoms with van der Waals surface area (Å²) < 4.78 is 32.6. The van der Waals surface area contributed by atoms with Gasteiger partial charge in [0.05, 0.1) is 10.9 Å². The van der Waals surface area contributed by atoms with Gasteiger partial charge in [-0.05, 0) is 55.5 Å². The van der Waals surface area contributed by atoms with E-state index < -0.39 is 10.0 Å². The van der Waals surface area contributed by atoms with Gasteiger partial charge in [-0.15, -0.1) is 0 Å². The number of ether oxygens (including phenoxy) is 1. The molecule has 1 fully saturated rings. The van der Waals surface area contributed by atoms with Crippen LogP contribution < -0.4 is 10.1 Å². The number of hydrogen-bond donors (Lipinski definition) is 1. The van der Waals surface area contributed by atoms with Crippen LogP contribution in [0.3, 0.4) is 0 Å². The number of carbonyl (C=O) groups excluding carboxylic acids is 1. The molecule has 0 aromatic heterocycles. The van der Waals surface area contributed by atoms with Crippen LogP contribution in [0.2, 0.25) is 0 Å². The molecule has 1 aliphatic heterocycles. The SMILES string of the molecule is CC1CCN(S(=O)(=O)c2ccc(OCC(=O)N[C@@H](C)c3ccccc3)cc2)CC1. The Hall–Kier alpha value is -2.38. The number of nitrogens with one attached hydrogen (secondary N) is 1. The van der Waals surface area contributed by atoms with Crippen LogP contribution in [-0.2, 0) is 14.8 Å². The highest BCUT2D eigenvalue weighted by Gasteiger charge is 2.27. The van der Waals surface area contributed by atoms with Gasteiger partial charge in [0.15, 0.2) is 6.61 Å². The summed E-state index contributed by atoms with van der Waals surface area (Å²) >= 11 is 0. The third kappa shape index (κ3) is 5.58. The van der Waals surface area contributed by atoms with Gasteiger partial charge in [0.1, 0.15) is 5.75 Å². The minimum atomic E-state index is -3.48. The molecule has 1 heterocycles. The lowest BCUT2D eigenvalue weighted by molar-refractivity contribution is -0.123. The van der Waals surface area contributed by atoms with Crippen LogP contribution in [0.25, 0.3) is 0 Å². The van der Waals surface area contributed by atoms with E-state index in [4.69, 9.17) is 4.74 Å². The first kappa shape index (κ1) is 21.3. The van der Waals surface area contributed by atoms with Crippen molar-refractivity contribution in [2.24, 2.45) is 5.92 Å². The molecule has 2 aromatic rings. The molecule has 1 aliphatic rings. The van der Waals surface area contributed by atoms with Crippen molar-refractivity contribution in [1.82, 2.24) is 9.62 Å². The van der Waals surface area contributed by atoms with E-state index in [2.05, 4.69) is 12.2 Å². The molecule has 0 bridgehead atoms. The van der Waals surface area contributed by atoms with Crippen molar-refractivity contribution >= 4 is 15.9 Å². The first-order valence-corrected chi connectivity index (χ1v) is 11.4. The van der Waals surface area contributed by atoms with E-state index in [1.807, 2.05) is 37.3 Å². The molecule has 0 saturated carbocycles. The molecule has 7 heteroatoms. The smallest absolute Gasteiger partial charge is 0.258 e. The Bertz CT molecular complexity index is 906. The van der Waals surface area contributed by atoms with Gasteiger partial charge in [0, 0.05) is 13.1 Å². The van der Waals surface area contributed by atoms with Crippen molar-refractivity contribution in [1.29, 1.82) is 0 Å². The van der Waals surface area contributed by atoms with E-state index in [1.165, 1.54) is 12.1 Å². The van der Waals surface area contributed by atoms with Crippen molar-refractivity contribution in [2.75, 3.05) is 19.7 Å². The molecule has 1 saturated heterocycles. The predicted octanol–water partition coefficient (Wildman–Crippen LogP) is 3.36. The fraction of sp³-hybridized carbons (Fsp3) is 0.409. The normalized spacial score (nSPS) is 16.9. The standard InChI is InChI=1S/C22H28N2O4S/c1-17-12-14-24(15-13-17)29(26,27)21-10-8-20(9-11-21)28-16-22(25)23-18(2)19-6-4-3-5-7-19/h3-11,17-18H,12-16H2,1-2H3,(H,23,25)/t18-/m0/s1. The molecule has 156 valence electrons. The van der Waals surface area contributed by atoms with E-state index >= 15 is 0 Å². The molecule has 1 N–H and O–H groups in total. The summed E-state index contributed by atoms with van der Waals surface area (Å²) in [6, 6.07) is 15.8. The fourth-order valence-corrected chi connectivity index (χ4v) is 4.81. The summed E-state index contributed by atoms with van der Waals surface area (Å²) in [5, 5.41) is 2.88. The number of rotatable bonds is 7. The van der Waals surface area contributed by atoms with Gasteiger partial charge < -0.3 is 10.1 Å². The monoisotopic (exact) mass is 416 g/mol. The Morgan fingerprint density at radius 1 is 1.10 bits per heavy atom. The molecule has 0 unspecified atom stereocenters. The van der Waals surface area contributed by atoms with Gasteiger partial charge in [-0.1, -0.05) is 37.3 Å². The summed E-state index contributed by atoms with van der Waals surface area (Å²) in [4.78, 5) is 12.4. The lowest BCUT2D eigenvalue weighted by atomic mass is 10.0. The number of piperidine rings is 1. The van der Waals surface area contributed by atoms with E-state index in [9.17, 15) is 13.2 Å². The number of benzene rings is 2. The van der Waals surface area contributed by atoms with Gasteiger partial charge >= 0.3 is 0 Å². The molecule has 3 rings (SSSR count). The fourth-order valence-electron chi connectivity index (χ4n) is 3.34. The van der Waals surface area contributed by atoms with Gasteiger partial charge in [-0.2, -0.15) is 4.31 Å². The van der Waals surface area contributed by atoms with Gasteiger partial charge in [0.2, 0.25) is 10.0 Å². The Morgan fingerprint density at radius 3 is 2.34 bits per heavy atom.